The SMILES string of the molecule is CC1(C)CCCN(c2nc3ccccc3cc2CCl)C1. The Morgan fingerprint density at radius 3 is 2.85 bits per heavy atom. The average molecular weight is 289 g/mol. The molecule has 2 heterocycles. The number of pyridine rings is 1. The monoisotopic (exact) mass is 288 g/mol. The predicted molar refractivity (Wildman–Crippen MR) is 86.5 cm³/mol. The molecule has 0 N–H and O–H groups in total. The molecule has 1 fully saturated rings. The number of halogens is 1. The van der Waals surface area contributed by atoms with Gasteiger partial charge in [-0.05, 0) is 30.4 Å². The van der Waals surface area contributed by atoms with Gasteiger partial charge in [0.1, 0.15) is 5.82 Å². The van der Waals surface area contributed by atoms with Crippen molar-refractivity contribution in [1.29, 1.82) is 0 Å². The summed E-state index contributed by atoms with van der Waals surface area (Å²) in [6, 6.07) is 10.5. The molecule has 20 heavy (non-hydrogen) atoms. The number of hydrogen-bond acceptors (Lipinski definition) is 2. The number of rotatable bonds is 2. The lowest BCUT2D eigenvalue weighted by Gasteiger charge is -2.39. The molecule has 0 unspecified atom stereocenters. The molecule has 0 atom stereocenters. The largest absolute Gasteiger partial charge is 0.356 e. The highest BCUT2D eigenvalue weighted by molar-refractivity contribution is 6.17. The van der Waals surface area contributed by atoms with E-state index in [1.807, 2.05) is 12.1 Å². The number of anilines is 1. The van der Waals surface area contributed by atoms with Crippen LogP contribution in [-0.4, -0.2) is 18.1 Å². The highest BCUT2D eigenvalue weighted by Gasteiger charge is 2.28. The zero-order valence-electron chi connectivity index (χ0n) is 12.2. The van der Waals surface area contributed by atoms with E-state index in [0.717, 1.165) is 30.0 Å². The summed E-state index contributed by atoms with van der Waals surface area (Å²) in [6.07, 6.45) is 2.51. The van der Waals surface area contributed by atoms with Crippen LogP contribution in [-0.2, 0) is 5.88 Å². The maximum Gasteiger partial charge on any atom is 0.133 e. The van der Waals surface area contributed by atoms with Crippen molar-refractivity contribution >= 4 is 28.3 Å². The number of benzene rings is 1. The lowest BCUT2D eigenvalue weighted by atomic mass is 9.84. The highest BCUT2D eigenvalue weighted by Crippen LogP contribution is 2.33. The molecule has 2 aromatic rings. The normalized spacial score (nSPS) is 18.4. The molecule has 3 heteroatoms. The predicted octanol–water partition coefficient (Wildman–Crippen LogP) is 4.60. The van der Waals surface area contributed by atoms with Gasteiger partial charge in [0, 0.05) is 24.0 Å². The number of hydrogen-bond donors (Lipinski definition) is 0. The van der Waals surface area contributed by atoms with E-state index in [2.05, 4.69) is 36.9 Å². The summed E-state index contributed by atoms with van der Waals surface area (Å²) >= 11 is 6.16. The van der Waals surface area contributed by atoms with Crippen LogP contribution in [0.1, 0.15) is 32.3 Å². The Bertz CT molecular complexity index is 621. The van der Waals surface area contributed by atoms with Crippen molar-refractivity contribution in [2.75, 3.05) is 18.0 Å². The number of para-hydroxylation sites is 1. The number of piperidine rings is 1. The van der Waals surface area contributed by atoms with Crippen molar-refractivity contribution in [2.45, 2.75) is 32.6 Å². The molecule has 106 valence electrons. The fourth-order valence-electron chi connectivity index (χ4n) is 3.13. The fraction of sp³-hybridized carbons (Fsp3) is 0.471. The van der Waals surface area contributed by atoms with Crippen molar-refractivity contribution < 1.29 is 0 Å². The third-order valence-electron chi connectivity index (χ3n) is 4.12. The minimum Gasteiger partial charge on any atom is -0.356 e. The molecule has 1 aromatic heterocycles. The summed E-state index contributed by atoms with van der Waals surface area (Å²) in [6.45, 7) is 6.81. The molecule has 1 aliphatic rings. The molecule has 0 bridgehead atoms. The molecule has 1 saturated heterocycles. The maximum absolute atomic E-state index is 6.16. The maximum atomic E-state index is 6.16. The summed E-state index contributed by atoms with van der Waals surface area (Å²) in [4.78, 5) is 7.29. The minimum absolute atomic E-state index is 0.356. The minimum atomic E-state index is 0.356. The molecule has 0 saturated carbocycles. The molecular weight excluding hydrogens is 268 g/mol. The summed E-state index contributed by atoms with van der Waals surface area (Å²) in [7, 11) is 0. The van der Waals surface area contributed by atoms with E-state index in [0.29, 0.717) is 11.3 Å². The zero-order chi connectivity index (χ0) is 14.2. The first-order valence-corrected chi connectivity index (χ1v) is 7.82. The number of nitrogens with zero attached hydrogens (tertiary/aromatic N) is 2. The molecule has 1 aromatic carbocycles. The quantitative estimate of drug-likeness (QED) is 0.751. The van der Waals surface area contributed by atoms with E-state index < -0.39 is 0 Å². The second-order valence-electron chi connectivity index (χ2n) is 6.49. The standard InChI is InChI=1S/C17H21ClN2/c1-17(2)8-5-9-20(12-17)16-14(11-18)10-13-6-3-4-7-15(13)19-16/h3-4,6-7,10H,5,8-9,11-12H2,1-2H3. The second-order valence-corrected chi connectivity index (χ2v) is 6.75. The molecule has 0 amide bonds. The van der Waals surface area contributed by atoms with Crippen LogP contribution in [0.4, 0.5) is 5.82 Å². The Labute approximate surface area is 125 Å². The van der Waals surface area contributed by atoms with Gasteiger partial charge in [-0.15, -0.1) is 11.6 Å². The van der Waals surface area contributed by atoms with E-state index in [-0.39, 0.29) is 0 Å². The van der Waals surface area contributed by atoms with Crippen molar-refractivity contribution in [1.82, 2.24) is 4.98 Å². The second kappa shape index (κ2) is 5.25. The van der Waals surface area contributed by atoms with Crippen molar-refractivity contribution in [3.63, 3.8) is 0 Å². The van der Waals surface area contributed by atoms with Gasteiger partial charge in [-0.3, -0.25) is 0 Å². The Kier molecular flexibility index (Phi) is 3.59. The third kappa shape index (κ3) is 2.62. The third-order valence-corrected chi connectivity index (χ3v) is 4.41. The van der Waals surface area contributed by atoms with Crippen LogP contribution in [0.5, 0.6) is 0 Å². The van der Waals surface area contributed by atoms with Crippen molar-refractivity contribution in [3.8, 4) is 0 Å². The molecule has 1 aliphatic heterocycles. The summed E-state index contributed by atoms with van der Waals surface area (Å²) in [5.41, 5.74) is 2.55. The van der Waals surface area contributed by atoms with Crippen LogP contribution in [0, 0.1) is 5.41 Å². The van der Waals surface area contributed by atoms with Crippen molar-refractivity contribution in [2.24, 2.45) is 5.41 Å². The topological polar surface area (TPSA) is 16.1 Å². The Morgan fingerprint density at radius 2 is 2.10 bits per heavy atom. The van der Waals surface area contributed by atoms with Gasteiger partial charge in [-0.1, -0.05) is 32.0 Å². The van der Waals surface area contributed by atoms with Gasteiger partial charge >= 0.3 is 0 Å². The number of alkyl halides is 1. The molecule has 2 nitrogen and oxygen atoms in total. The lowest BCUT2D eigenvalue weighted by Crippen LogP contribution is -2.41. The zero-order valence-corrected chi connectivity index (χ0v) is 13.0. The number of aromatic nitrogens is 1. The highest BCUT2D eigenvalue weighted by atomic mass is 35.5. The van der Waals surface area contributed by atoms with Gasteiger partial charge in [0.2, 0.25) is 0 Å². The van der Waals surface area contributed by atoms with Gasteiger partial charge < -0.3 is 4.90 Å². The van der Waals surface area contributed by atoms with Gasteiger partial charge in [0.05, 0.1) is 11.4 Å². The van der Waals surface area contributed by atoms with E-state index in [1.54, 1.807) is 0 Å². The summed E-state index contributed by atoms with van der Waals surface area (Å²) in [5, 5.41) is 1.17. The Hall–Kier alpha value is -1.28. The van der Waals surface area contributed by atoms with Crippen molar-refractivity contribution in [3.05, 3.63) is 35.9 Å². The van der Waals surface area contributed by atoms with Crippen LogP contribution in [0.15, 0.2) is 30.3 Å². The van der Waals surface area contributed by atoms with Crippen LogP contribution >= 0.6 is 11.6 Å². The van der Waals surface area contributed by atoms with Crippen LogP contribution in [0.2, 0.25) is 0 Å². The van der Waals surface area contributed by atoms with Crippen LogP contribution in [0.3, 0.4) is 0 Å². The van der Waals surface area contributed by atoms with E-state index in [4.69, 9.17) is 16.6 Å². The summed E-state index contributed by atoms with van der Waals surface area (Å²) < 4.78 is 0. The average Bonchev–Trinajstić information content (AvgIpc) is 2.44. The van der Waals surface area contributed by atoms with E-state index in [1.165, 1.54) is 18.2 Å². The molecule has 0 radical (unpaired) electrons. The number of fused-ring (bicyclic) bond motifs is 1. The van der Waals surface area contributed by atoms with Gasteiger partial charge in [0.25, 0.3) is 0 Å². The van der Waals surface area contributed by atoms with Crippen LogP contribution < -0.4 is 4.90 Å². The van der Waals surface area contributed by atoms with Gasteiger partial charge in [-0.25, -0.2) is 4.98 Å². The Balaban J connectivity index is 2.05. The molecule has 3 rings (SSSR count). The van der Waals surface area contributed by atoms with Crippen LogP contribution in [0.25, 0.3) is 10.9 Å². The Morgan fingerprint density at radius 1 is 1.30 bits per heavy atom. The van der Waals surface area contributed by atoms with E-state index >= 15 is 0 Å². The first-order valence-electron chi connectivity index (χ1n) is 7.29. The summed E-state index contributed by atoms with van der Waals surface area (Å²) in [5.74, 6) is 1.59. The first-order chi connectivity index (χ1) is 9.59. The van der Waals surface area contributed by atoms with E-state index in [9.17, 15) is 0 Å². The molecular formula is C17H21ClN2. The fourth-order valence-corrected chi connectivity index (χ4v) is 3.32. The molecule has 0 aliphatic carbocycles. The van der Waals surface area contributed by atoms with Gasteiger partial charge in [0.15, 0.2) is 0 Å². The van der Waals surface area contributed by atoms with Gasteiger partial charge in [-0.2, -0.15) is 0 Å². The first kappa shape index (κ1) is 13.7. The molecule has 0 spiro atoms. The lowest BCUT2D eigenvalue weighted by molar-refractivity contribution is 0.292. The smallest absolute Gasteiger partial charge is 0.133 e.